The Kier molecular flexibility index (Phi) is 4.28. The van der Waals surface area contributed by atoms with Crippen molar-refractivity contribution < 1.29 is 0 Å². The second-order valence-electron chi connectivity index (χ2n) is 5.99. The van der Waals surface area contributed by atoms with E-state index in [2.05, 4.69) is 30.2 Å². The van der Waals surface area contributed by atoms with Gasteiger partial charge >= 0.3 is 0 Å². The third-order valence-electron chi connectivity index (χ3n) is 4.20. The quantitative estimate of drug-likeness (QED) is 0.766. The van der Waals surface area contributed by atoms with Crippen LogP contribution in [0.25, 0.3) is 11.5 Å². The molecule has 0 unspecified atom stereocenters. The summed E-state index contributed by atoms with van der Waals surface area (Å²) >= 11 is 0. The molecule has 0 spiro atoms. The van der Waals surface area contributed by atoms with Crippen LogP contribution in [0.4, 0.5) is 5.95 Å². The summed E-state index contributed by atoms with van der Waals surface area (Å²) in [5.74, 6) is 1.42. The molecule has 3 aromatic heterocycles. The first-order chi connectivity index (χ1) is 11.5. The van der Waals surface area contributed by atoms with Crippen molar-refractivity contribution in [3.05, 3.63) is 35.0 Å². The van der Waals surface area contributed by atoms with Gasteiger partial charge in [0.2, 0.25) is 5.95 Å². The number of anilines is 1. The van der Waals surface area contributed by atoms with Gasteiger partial charge < -0.3 is 4.90 Å². The Morgan fingerprint density at radius 1 is 1.21 bits per heavy atom. The number of hydrogen-bond acceptors (Lipinski definition) is 6. The number of aryl methyl sites for hydroxylation is 4. The molecule has 0 aliphatic carbocycles. The number of aromatic amines is 1. The Balaban J connectivity index is 1.81. The van der Waals surface area contributed by atoms with Gasteiger partial charge in [-0.1, -0.05) is 0 Å². The number of aromatic nitrogens is 7. The summed E-state index contributed by atoms with van der Waals surface area (Å²) < 4.78 is 1.72. The van der Waals surface area contributed by atoms with Crippen LogP contribution >= 0.6 is 0 Å². The normalized spacial score (nSPS) is 11.0. The van der Waals surface area contributed by atoms with Gasteiger partial charge in [-0.05, 0) is 38.3 Å². The monoisotopic (exact) mass is 326 g/mol. The van der Waals surface area contributed by atoms with Crippen molar-refractivity contribution in [1.82, 2.24) is 34.9 Å². The molecule has 0 aliphatic rings. The zero-order valence-corrected chi connectivity index (χ0v) is 14.7. The van der Waals surface area contributed by atoms with E-state index in [4.69, 9.17) is 0 Å². The molecule has 8 heteroatoms. The summed E-state index contributed by atoms with van der Waals surface area (Å²) in [7, 11) is 3.85. The topological polar surface area (TPSA) is 88.4 Å². The molecule has 3 heterocycles. The molecule has 3 aromatic rings. The first-order valence-electron chi connectivity index (χ1n) is 7.87. The van der Waals surface area contributed by atoms with E-state index in [1.807, 2.05) is 46.0 Å². The highest BCUT2D eigenvalue weighted by Crippen LogP contribution is 2.20. The lowest BCUT2D eigenvalue weighted by atomic mass is 10.1. The van der Waals surface area contributed by atoms with Gasteiger partial charge in [-0.3, -0.25) is 5.10 Å². The van der Waals surface area contributed by atoms with Gasteiger partial charge in [0, 0.05) is 32.5 Å². The van der Waals surface area contributed by atoms with Gasteiger partial charge in [-0.25, -0.2) is 19.6 Å². The molecule has 0 fully saturated rings. The minimum atomic E-state index is 0.678. The van der Waals surface area contributed by atoms with Crippen molar-refractivity contribution in [2.45, 2.75) is 27.2 Å². The summed E-state index contributed by atoms with van der Waals surface area (Å²) in [5, 5.41) is 11.4. The number of likely N-dealkylation sites (N-methyl/N-ethyl adjacent to an activating group) is 1. The largest absolute Gasteiger partial charge is 0.344 e. The maximum absolute atomic E-state index is 4.69. The maximum atomic E-state index is 4.69. The first kappa shape index (κ1) is 16.1. The number of rotatable bonds is 5. The molecule has 0 bridgehead atoms. The van der Waals surface area contributed by atoms with Crippen LogP contribution in [0.15, 0.2) is 12.5 Å². The first-order valence-corrected chi connectivity index (χ1v) is 7.87. The molecule has 126 valence electrons. The summed E-state index contributed by atoms with van der Waals surface area (Å²) in [4.78, 5) is 15.5. The van der Waals surface area contributed by atoms with E-state index in [-0.39, 0.29) is 0 Å². The standard InChI is InChI=1S/C16H22N8/c1-10-8-17-16(20-14(10)15-18-9-19-24(15)5)23(4)7-6-13-11(2)21-22-12(13)3/h8-9H,6-7H2,1-5H3,(H,21,22). The van der Waals surface area contributed by atoms with Gasteiger partial charge in [-0.2, -0.15) is 10.2 Å². The zero-order chi connectivity index (χ0) is 17.3. The summed E-state index contributed by atoms with van der Waals surface area (Å²) in [5.41, 5.74) is 5.20. The van der Waals surface area contributed by atoms with Gasteiger partial charge in [0.1, 0.15) is 12.0 Å². The predicted octanol–water partition coefficient (Wildman–Crippen LogP) is 1.60. The van der Waals surface area contributed by atoms with Gasteiger partial charge in [0.15, 0.2) is 5.82 Å². The lowest BCUT2D eigenvalue weighted by molar-refractivity contribution is 0.768. The van der Waals surface area contributed by atoms with Crippen LogP contribution in [-0.4, -0.2) is 48.5 Å². The minimum absolute atomic E-state index is 0.678. The Hall–Kier alpha value is -2.77. The van der Waals surface area contributed by atoms with Crippen LogP contribution in [0.3, 0.4) is 0 Å². The molecule has 3 rings (SSSR count). The number of hydrogen-bond donors (Lipinski definition) is 1. The molecule has 0 aromatic carbocycles. The molecule has 0 amide bonds. The predicted molar refractivity (Wildman–Crippen MR) is 91.8 cm³/mol. The smallest absolute Gasteiger partial charge is 0.225 e. The van der Waals surface area contributed by atoms with E-state index < -0.39 is 0 Å². The average Bonchev–Trinajstić information content (AvgIpc) is 3.12. The van der Waals surface area contributed by atoms with Crippen molar-refractivity contribution in [3.63, 3.8) is 0 Å². The molecule has 0 saturated carbocycles. The fourth-order valence-corrected chi connectivity index (χ4v) is 2.68. The summed E-state index contributed by atoms with van der Waals surface area (Å²) in [6.07, 6.45) is 4.25. The van der Waals surface area contributed by atoms with E-state index in [1.165, 1.54) is 11.9 Å². The van der Waals surface area contributed by atoms with Crippen molar-refractivity contribution in [1.29, 1.82) is 0 Å². The number of nitrogens with zero attached hydrogens (tertiary/aromatic N) is 7. The Morgan fingerprint density at radius 2 is 2.00 bits per heavy atom. The summed E-state index contributed by atoms with van der Waals surface area (Å²) in [6.45, 7) is 6.85. The van der Waals surface area contributed by atoms with Crippen LogP contribution in [0.2, 0.25) is 0 Å². The molecule has 0 saturated heterocycles. The Labute approximate surface area is 141 Å². The molecule has 24 heavy (non-hydrogen) atoms. The maximum Gasteiger partial charge on any atom is 0.225 e. The highest BCUT2D eigenvalue weighted by atomic mass is 15.3. The van der Waals surface area contributed by atoms with E-state index in [0.717, 1.165) is 41.4 Å². The Morgan fingerprint density at radius 3 is 2.62 bits per heavy atom. The van der Waals surface area contributed by atoms with Crippen molar-refractivity contribution in [3.8, 4) is 11.5 Å². The lowest BCUT2D eigenvalue weighted by Gasteiger charge is -2.18. The fourth-order valence-electron chi connectivity index (χ4n) is 2.68. The number of H-pyrrole nitrogens is 1. The third-order valence-corrected chi connectivity index (χ3v) is 4.20. The highest BCUT2D eigenvalue weighted by molar-refractivity contribution is 5.56. The molecule has 1 N–H and O–H groups in total. The van der Waals surface area contributed by atoms with Crippen molar-refractivity contribution >= 4 is 5.95 Å². The van der Waals surface area contributed by atoms with Crippen molar-refractivity contribution in [2.24, 2.45) is 7.05 Å². The zero-order valence-electron chi connectivity index (χ0n) is 14.7. The SMILES string of the molecule is Cc1cnc(N(C)CCc2c(C)n[nH]c2C)nc1-c1ncnn1C. The molecule has 0 aliphatic heterocycles. The van der Waals surface area contributed by atoms with Crippen LogP contribution in [0.1, 0.15) is 22.5 Å². The van der Waals surface area contributed by atoms with Gasteiger partial charge in [0.25, 0.3) is 0 Å². The summed E-state index contributed by atoms with van der Waals surface area (Å²) in [6, 6.07) is 0. The molecule has 0 radical (unpaired) electrons. The minimum Gasteiger partial charge on any atom is -0.344 e. The second-order valence-corrected chi connectivity index (χ2v) is 5.99. The van der Waals surface area contributed by atoms with Gasteiger partial charge in [0.05, 0.1) is 5.69 Å². The fraction of sp³-hybridized carbons (Fsp3) is 0.438. The number of nitrogens with one attached hydrogen (secondary N) is 1. The highest BCUT2D eigenvalue weighted by Gasteiger charge is 2.14. The molecule has 0 atom stereocenters. The van der Waals surface area contributed by atoms with Crippen LogP contribution in [-0.2, 0) is 13.5 Å². The third kappa shape index (κ3) is 2.99. The van der Waals surface area contributed by atoms with Crippen LogP contribution in [0, 0.1) is 20.8 Å². The molecule has 8 nitrogen and oxygen atoms in total. The molecular formula is C16H22N8. The molecular weight excluding hydrogens is 304 g/mol. The second kappa shape index (κ2) is 6.38. The van der Waals surface area contributed by atoms with E-state index in [9.17, 15) is 0 Å². The lowest BCUT2D eigenvalue weighted by Crippen LogP contribution is -2.23. The van der Waals surface area contributed by atoms with E-state index in [1.54, 1.807) is 4.68 Å². The van der Waals surface area contributed by atoms with Gasteiger partial charge in [-0.15, -0.1) is 0 Å². The van der Waals surface area contributed by atoms with E-state index in [0.29, 0.717) is 5.95 Å². The Bertz CT molecular complexity index is 828. The van der Waals surface area contributed by atoms with Crippen LogP contribution < -0.4 is 4.90 Å². The van der Waals surface area contributed by atoms with Crippen molar-refractivity contribution in [2.75, 3.05) is 18.5 Å². The average molecular weight is 326 g/mol. The van der Waals surface area contributed by atoms with E-state index >= 15 is 0 Å². The van der Waals surface area contributed by atoms with Crippen LogP contribution in [0.5, 0.6) is 0 Å².